The maximum atomic E-state index is 12.8. The molecule has 3 nitrogen and oxygen atoms in total. The lowest BCUT2D eigenvalue weighted by atomic mass is 10.1. The van der Waals surface area contributed by atoms with Crippen molar-refractivity contribution in [1.82, 2.24) is 0 Å². The van der Waals surface area contributed by atoms with Crippen LogP contribution >= 0.6 is 11.6 Å². The van der Waals surface area contributed by atoms with Crippen LogP contribution in [0.4, 0.5) is 10.1 Å². The summed E-state index contributed by atoms with van der Waals surface area (Å²) >= 11 is 5.93. The van der Waals surface area contributed by atoms with Gasteiger partial charge in [0.05, 0.1) is 5.57 Å². The first-order valence-electron chi connectivity index (χ1n) is 6.32. The van der Waals surface area contributed by atoms with Crippen LogP contribution < -0.4 is 10.1 Å². The molecule has 0 aromatic heterocycles. The normalized spacial score (nSPS) is 13.0. The van der Waals surface area contributed by atoms with Crippen molar-refractivity contribution < 1.29 is 13.9 Å². The van der Waals surface area contributed by atoms with Gasteiger partial charge in [0.25, 0.3) is 5.91 Å². The van der Waals surface area contributed by atoms with Gasteiger partial charge in [-0.1, -0.05) is 11.6 Å². The summed E-state index contributed by atoms with van der Waals surface area (Å²) in [6.45, 7) is 0.182. The van der Waals surface area contributed by atoms with E-state index in [1.807, 2.05) is 0 Å². The standard InChI is InChI=1S/C16H11ClFNO2/c17-12-1-6-15-10(8-12)7-11(9-21-15)16(20)19-14-4-2-13(18)3-5-14/h1-8H,9H2,(H,19,20). The zero-order valence-electron chi connectivity index (χ0n) is 10.9. The van der Waals surface area contributed by atoms with Gasteiger partial charge in [-0.3, -0.25) is 4.79 Å². The maximum absolute atomic E-state index is 12.8. The molecule has 0 saturated heterocycles. The Morgan fingerprint density at radius 3 is 2.71 bits per heavy atom. The zero-order chi connectivity index (χ0) is 14.8. The second kappa shape index (κ2) is 5.58. The molecular formula is C16H11ClFNO2. The molecule has 106 valence electrons. The molecule has 0 radical (unpaired) electrons. The number of carbonyl (C=O) groups excluding carboxylic acids is 1. The molecule has 0 atom stereocenters. The van der Waals surface area contributed by atoms with Crippen LogP contribution in [-0.2, 0) is 4.79 Å². The molecule has 21 heavy (non-hydrogen) atoms. The fourth-order valence-electron chi connectivity index (χ4n) is 2.02. The Labute approximate surface area is 126 Å². The number of ether oxygens (including phenoxy) is 1. The lowest BCUT2D eigenvalue weighted by Crippen LogP contribution is -2.21. The number of halogens is 2. The lowest BCUT2D eigenvalue weighted by Gasteiger charge is -2.17. The molecule has 1 amide bonds. The smallest absolute Gasteiger partial charge is 0.255 e. The van der Waals surface area contributed by atoms with E-state index in [0.29, 0.717) is 22.0 Å². The lowest BCUT2D eigenvalue weighted by molar-refractivity contribution is -0.113. The van der Waals surface area contributed by atoms with E-state index in [-0.39, 0.29) is 18.3 Å². The number of benzene rings is 2. The van der Waals surface area contributed by atoms with E-state index in [1.54, 1.807) is 24.3 Å². The largest absolute Gasteiger partial charge is 0.488 e. The summed E-state index contributed by atoms with van der Waals surface area (Å²) in [6, 6.07) is 10.8. The van der Waals surface area contributed by atoms with Crippen LogP contribution in [0.25, 0.3) is 6.08 Å². The summed E-state index contributed by atoms with van der Waals surface area (Å²) in [5.74, 6) is 0.0572. The first-order chi connectivity index (χ1) is 10.1. The van der Waals surface area contributed by atoms with Crippen molar-refractivity contribution in [2.24, 2.45) is 0 Å². The predicted octanol–water partition coefficient (Wildman–Crippen LogP) is 3.89. The van der Waals surface area contributed by atoms with Crippen LogP contribution in [0.2, 0.25) is 5.02 Å². The monoisotopic (exact) mass is 303 g/mol. The Morgan fingerprint density at radius 1 is 1.19 bits per heavy atom. The molecule has 1 heterocycles. The van der Waals surface area contributed by atoms with E-state index in [0.717, 1.165) is 5.56 Å². The molecule has 0 aliphatic carbocycles. The van der Waals surface area contributed by atoms with Gasteiger partial charge in [0.1, 0.15) is 18.2 Å². The van der Waals surface area contributed by atoms with Crippen molar-refractivity contribution >= 4 is 29.3 Å². The van der Waals surface area contributed by atoms with Gasteiger partial charge in [0.15, 0.2) is 0 Å². The number of hydrogen-bond acceptors (Lipinski definition) is 2. The van der Waals surface area contributed by atoms with Gasteiger partial charge >= 0.3 is 0 Å². The van der Waals surface area contributed by atoms with Gasteiger partial charge in [-0.2, -0.15) is 0 Å². The molecule has 1 aliphatic rings. The molecule has 0 spiro atoms. The molecule has 2 aromatic rings. The highest BCUT2D eigenvalue weighted by Crippen LogP contribution is 2.29. The SMILES string of the molecule is O=C(Nc1ccc(F)cc1)C1=Cc2cc(Cl)ccc2OC1. The number of carbonyl (C=O) groups is 1. The van der Waals surface area contributed by atoms with E-state index in [2.05, 4.69) is 5.32 Å². The molecule has 1 aliphatic heterocycles. The van der Waals surface area contributed by atoms with E-state index in [4.69, 9.17) is 16.3 Å². The van der Waals surface area contributed by atoms with Gasteiger partial charge in [-0.05, 0) is 48.5 Å². The number of hydrogen-bond donors (Lipinski definition) is 1. The summed E-state index contributed by atoms with van der Waals surface area (Å²) in [6.07, 6.45) is 1.74. The molecule has 0 saturated carbocycles. The molecule has 5 heteroatoms. The van der Waals surface area contributed by atoms with Crippen LogP contribution in [0.15, 0.2) is 48.0 Å². The molecule has 0 fully saturated rings. The quantitative estimate of drug-likeness (QED) is 0.914. The molecule has 2 aromatic carbocycles. The molecule has 0 bridgehead atoms. The first-order valence-corrected chi connectivity index (χ1v) is 6.69. The van der Waals surface area contributed by atoms with Crippen molar-refractivity contribution in [2.45, 2.75) is 0 Å². The zero-order valence-corrected chi connectivity index (χ0v) is 11.7. The average Bonchev–Trinajstić information content (AvgIpc) is 2.48. The van der Waals surface area contributed by atoms with Crippen molar-refractivity contribution in [3.63, 3.8) is 0 Å². The van der Waals surface area contributed by atoms with Crippen LogP contribution in [-0.4, -0.2) is 12.5 Å². The number of amides is 1. The Hall–Kier alpha value is -2.33. The van der Waals surface area contributed by atoms with Gasteiger partial charge in [0, 0.05) is 16.3 Å². The van der Waals surface area contributed by atoms with E-state index >= 15 is 0 Å². The van der Waals surface area contributed by atoms with Gasteiger partial charge in [-0.25, -0.2) is 4.39 Å². The van der Waals surface area contributed by atoms with Crippen molar-refractivity contribution in [3.8, 4) is 5.75 Å². The second-order valence-corrected chi connectivity index (χ2v) is 5.04. The summed E-state index contributed by atoms with van der Waals surface area (Å²) in [5.41, 5.74) is 1.77. The average molecular weight is 304 g/mol. The Balaban J connectivity index is 1.81. The summed E-state index contributed by atoms with van der Waals surface area (Å²) in [5, 5.41) is 3.27. The second-order valence-electron chi connectivity index (χ2n) is 4.60. The van der Waals surface area contributed by atoms with E-state index in [1.165, 1.54) is 24.3 Å². The highest BCUT2D eigenvalue weighted by atomic mass is 35.5. The topological polar surface area (TPSA) is 38.3 Å². The summed E-state index contributed by atoms with van der Waals surface area (Å²) in [7, 11) is 0. The van der Waals surface area contributed by atoms with Crippen molar-refractivity contribution in [1.29, 1.82) is 0 Å². The number of nitrogens with one attached hydrogen (secondary N) is 1. The van der Waals surface area contributed by atoms with Crippen molar-refractivity contribution in [3.05, 3.63) is 64.4 Å². The molecule has 0 unspecified atom stereocenters. The Morgan fingerprint density at radius 2 is 1.95 bits per heavy atom. The van der Waals surface area contributed by atoms with Gasteiger partial charge in [-0.15, -0.1) is 0 Å². The third-order valence-corrected chi connectivity index (χ3v) is 3.31. The minimum absolute atomic E-state index is 0.182. The van der Waals surface area contributed by atoms with E-state index in [9.17, 15) is 9.18 Å². The third kappa shape index (κ3) is 3.06. The van der Waals surface area contributed by atoms with Gasteiger partial charge in [0.2, 0.25) is 0 Å². The third-order valence-electron chi connectivity index (χ3n) is 3.08. The fourth-order valence-corrected chi connectivity index (χ4v) is 2.20. The minimum atomic E-state index is -0.350. The molecule has 1 N–H and O–H groups in total. The molecule has 3 rings (SSSR count). The number of fused-ring (bicyclic) bond motifs is 1. The van der Waals surface area contributed by atoms with Crippen LogP contribution in [0.5, 0.6) is 5.75 Å². The van der Waals surface area contributed by atoms with Crippen LogP contribution in [0.1, 0.15) is 5.56 Å². The maximum Gasteiger partial charge on any atom is 0.255 e. The van der Waals surface area contributed by atoms with E-state index < -0.39 is 0 Å². The summed E-state index contributed by atoms with van der Waals surface area (Å²) in [4.78, 5) is 12.2. The van der Waals surface area contributed by atoms with Gasteiger partial charge < -0.3 is 10.1 Å². The van der Waals surface area contributed by atoms with Crippen molar-refractivity contribution in [2.75, 3.05) is 11.9 Å². The number of rotatable bonds is 2. The van der Waals surface area contributed by atoms with Crippen LogP contribution in [0.3, 0.4) is 0 Å². The first kappa shape index (κ1) is 13.6. The fraction of sp³-hybridized carbons (Fsp3) is 0.0625. The highest BCUT2D eigenvalue weighted by Gasteiger charge is 2.17. The Bertz CT molecular complexity index is 726. The Kier molecular flexibility index (Phi) is 3.62. The number of anilines is 1. The minimum Gasteiger partial charge on any atom is -0.488 e. The van der Waals surface area contributed by atoms with Crippen LogP contribution in [0, 0.1) is 5.82 Å². The highest BCUT2D eigenvalue weighted by molar-refractivity contribution is 6.30. The predicted molar refractivity (Wildman–Crippen MR) is 80.0 cm³/mol. The molecular weight excluding hydrogens is 293 g/mol. The summed E-state index contributed by atoms with van der Waals surface area (Å²) < 4.78 is 18.3.